The summed E-state index contributed by atoms with van der Waals surface area (Å²) < 4.78 is 39.6. The molecule has 34 heavy (non-hydrogen) atoms. The molecule has 0 amide bonds. The van der Waals surface area contributed by atoms with E-state index in [0.717, 1.165) is 36.1 Å². The topological polar surface area (TPSA) is 125 Å². The number of nitro groups is 1. The Morgan fingerprint density at radius 3 is 2.56 bits per heavy atom. The number of carbonyl (C=O) groups is 1. The molecule has 0 bridgehead atoms. The second-order valence-corrected chi connectivity index (χ2v) is 10.1. The van der Waals surface area contributed by atoms with Crippen LogP contribution >= 0.6 is 0 Å². The van der Waals surface area contributed by atoms with Gasteiger partial charge >= 0.3 is 5.69 Å². The highest BCUT2D eigenvalue weighted by molar-refractivity contribution is 7.89. The normalized spacial score (nSPS) is 14.4. The zero-order valence-corrected chi connectivity index (χ0v) is 19.7. The third-order valence-corrected chi connectivity index (χ3v) is 7.85. The van der Waals surface area contributed by atoms with E-state index in [-0.39, 0.29) is 16.4 Å². The SMILES string of the molecule is Cc1cc(C(=O)COc2ccc(S(=O)(=O)N3CCCC3)cc2[N+](=O)[O-])c(C)n1Cc1ccco1. The van der Waals surface area contributed by atoms with Gasteiger partial charge in [-0.15, -0.1) is 0 Å². The lowest BCUT2D eigenvalue weighted by molar-refractivity contribution is -0.386. The van der Waals surface area contributed by atoms with E-state index in [1.165, 1.54) is 16.4 Å². The number of hydrogen-bond donors (Lipinski definition) is 0. The summed E-state index contributed by atoms with van der Waals surface area (Å²) in [7, 11) is -3.82. The average molecular weight is 488 g/mol. The molecule has 0 spiro atoms. The number of nitrogens with zero attached hydrogens (tertiary/aromatic N) is 3. The molecule has 3 aromatic rings. The summed E-state index contributed by atoms with van der Waals surface area (Å²) in [6.45, 7) is 4.51. The lowest BCUT2D eigenvalue weighted by Gasteiger charge is -2.15. The number of aromatic nitrogens is 1. The molecule has 4 rings (SSSR count). The van der Waals surface area contributed by atoms with E-state index in [0.29, 0.717) is 25.2 Å². The molecule has 1 aromatic carbocycles. The Bertz CT molecular complexity index is 1320. The van der Waals surface area contributed by atoms with Gasteiger partial charge in [-0.2, -0.15) is 4.31 Å². The number of rotatable bonds is 9. The quantitative estimate of drug-likeness (QED) is 0.256. The summed E-state index contributed by atoms with van der Waals surface area (Å²) in [5.41, 5.74) is 1.53. The van der Waals surface area contributed by atoms with Crippen LogP contribution < -0.4 is 4.74 Å². The number of nitro benzene ring substituents is 1. The van der Waals surface area contributed by atoms with E-state index < -0.39 is 27.2 Å². The van der Waals surface area contributed by atoms with E-state index in [1.807, 2.05) is 24.5 Å². The van der Waals surface area contributed by atoms with Gasteiger partial charge in [0.25, 0.3) is 0 Å². The van der Waals surface area contributed by atoms with Gasteiger partial charge in [0.1, 0.15) is 5.76 Å². The fourth-order valence-electron chi connectivity index (χ4n) is 4.11. The van der Waals surface area contributed by atoms with Gasteiger partial charge in [0.2, 0.25) is 15.8 Å². The zero-order chi connectivity index (χ0) is 24.5. The van der Waals surface area contributed by atoms with Crippen molar-refractivity contribution >= 4 is 21.5 Å². The number of hydrogen-bond acceptors (Lipinski definition) is 7. The van der Waals surface area contributed by atoms with Crippen molar-refractivity contribution in [1.82, 2.24) is 8.87 Å². The lowest BCUT2D eigenvalue weighted by Crippen LogP contribution is -2.27. The minimum Gasteiger partial charge on any atom is -0.478 e. The number of Topliss-reactive ketones (excluding diaryl/α,β-unsaturated/α-hetero) is 1. The van der Waals surface area contributed by atoms with Crippen LogP contribution in [0.1, 0.15) is 40.3 Å². The van der Waals surface area contributed by atoms with E-state index in [4.69, 9.17) is 9.15 Å². The summed E-state index contributed by atoms with van der Waals surface area (Å²) in [5, 5.41) is 11.6. The summed E-state index contributed by atoms with van der Waals surface area (Å²) in [6.07, 6.45) is 3.09. The zero-order valence-electron chi connectivity index (χ0n) is 18.9. The number of ether oxygens (including phenoxy) is 1. The van der Waals surface area contributed by atoms with Crippen LogP contribution in [0.2, 0.25) is 0 Å². The molecule has 10 nitrogen and oxygen atoms in total. The van der Waals surface area contributed by atoms with Crippen molar-refractivity contribution in [2.75, 3.05) is 19.7 Å². The van der Waals surface area contributed by atoms with Gasteiger partial charge in [-0.25, -0.2) is 8.42 Å². The Balaban J connectivity index is 1.52. The Hall–Kier alpha value is -3.44. The van der Waals surface area contributed by atoms with E-state index in [9.17, 15) is 23.3 Å². The van der Waals surface area contributed by atoms with Crippen LogP contribution in [-0.2, 0) is 16.6 Å². The molecule has 1 aliphatic heterocycles. The van der Waals surface area contributed by atoms with Crippen molar-refractivity contribution in [2.45, 2.75) is 38.1 Å². The number of ketones is 1. The molecule has 0 atom stereocenters. The first-order valence-corrected chi connectivity index (χ1v) is 12.3. The first-order valence-electron chi connectivity index (χ1n) is 10.8. The molecule has 180 valence electrons. The van der Waals surface area contributed by atoms with Crippen molar-refractivity contribution in [3.63, 3.8) is 0 Å². The molecule has 0 aliphatic carbocycles. The highest BCUT2D eigenvalue weighted by atomic mass is 32.2. The molecule has 0 N–H and O–H groups in total. The van der Waals surface area contributed by atoms with Crippen LogP contribution in [0.25, 0.3) is 0 Å². The van der Waals surface area contributed by atoms with Crippen molar-refractivity contribution < 1.29 is 27.3 Å². The summed E-state index contributed by atoms with van der Waals surface area (Å²) >= 11 is 0. The molecule has 1 aliphatic rings. The lowest BCUT2D eigenvalue weighted by atomic mass is 10.1. The van der Waals surface area contributed by atoms with E-state index in [2.05, 4.69) is 0 Å². The predicted molar refractivity (Wildman–Crippen MR) is 123 cm³/mol. The maximum absolute atomic E-state index is 12.9. The van der Waals surface area contributed by atoms with Crippen LogP contribution in [0.5, 0.6) is 5.75 Å². The number of aryl methyl sites for hydroxylation is 1. The van der Waals surface area contributed by atoms with Crippen LogP contribution in [0, 0.1) is 24.0 Å². The molecule has 3 heterocycles. The molecule has 2 aromatic heterocycles. The first-order chi connectivity index (χ1) is 16.2. The van der Waals surface area contributed by atoms with Gasteiger partial charge in [0.05, 0.1) is 22.6 Å². The summed E-state index contributed by atoms with van der Waals surface area (Å²) in [4.78, 5) is 23.6. The van der Waals surface area contributed by atoms with E-state index >= 15 is 0 Å². The maximum atomic E-state index is 12.9. The van der Waals surface area contributed by atoms with Crippen molar-refractivity contribution in [1.29, 1.82) is 0 Å². The number of sulfonamides is 1. The third-order valence-electron chi connectivity index (χ3n) is 5.96. The Labute approximate surface area is 196 Å². The minimum absolute atomic E-state index is 0.164. The Kier molecular flexibility index (Phi) is 6.58. The fourth-order valence-corrected chi connectivity index (χ4v) is 5.64. The standard InChI is InChI=1S/C23H25N3O7S/c1-16-12-20(17(2)25(16)14-18-6-5-11-32-18)22(27)15-33-23-8-7-19(13-21(23)26(28)29)34(30,31)24-9-3-4-10-24/h5-8,11-13H,3-4,9-10,14-15H2,1-2H3. The van der Waals surface area contributed by atoms with Crippen LogP contribution in [0.15, 0.2) is 52.0 Å². The van der Waals surface area contributed by atoms with Crippen molar-refractivity contribution in [2.24, 2.45) is 0 Å². The molecule has 0 radical (unpaired) electrons. The monoisotopic (exact) mass is 487 g/mol. The number of carbonyl (C=O) groups excluding carboxylic acids is 1. The third kappa shape index (κ3) is 4.62. The van der Waals surface area contributed by atoms with Gasteiger partial charge in [0, 0.05) is 36.1 Å². The average Bonchev–Trinajstić information content (AvgIpc) is 3.57. The smallest absolute Gasteiger partial charge is 0.312 e. The first kappa shape index (κ1) is 23.7. The van der Waals surface area contributed by atoms with E-state index in [1.54, 1.807) is 18.4 Å². The minimum atomic E-state index is -3.82. The molecular weight excluding hydrogens is 462 g/mol. The van der Waals surface area contributed by atoms with Crippen LogP contribution in [-0.4, -0.2) is 47.7 Å². The molecule has 1 fully saturated rings. The fraction of sp³-hybridized carbons (Fsp3) is 0.348. The number of furan rings is 1. The molecule has 11 heteroatoms. The second-order valence-electron chi connectivity index (χ2n) is 8.16. The number of benzene rings is 1. The Morgan fingerprint density at radius 2 is 1.91 bits per heavy atom. The molecule has 0 saturated carbocycles. The molecule has 1 saturated heterocycles. The van der Waals surface area contributed by atoms with Gasteiger partial charge in [-0.05, 0) is 57.0 Å². The summed E-state index contributed by atoms with van der Waals surface area (Å²) in [6, 6.07) is 8.87. The predicted octanol–water partition coefficient (Wildman–Crippen LogP) is 3.70. The van der Waals surface area contributed by atoms with Crippen LogP contribution in [0.4, 0.5) is 5.69 Å². The van der Waals surface area contributed by atoms with Gasteiger partial charge in [-0.3, -0.25) is 14.9 Å². The van der Waals surface area contributed by atoms with Crippen LogP contribution in [0.3, 0.4) is 0 Å². The highest BCUT2D eigenvalue weighted by Gasteiger charge is 2.30. The highest BCUT2D eigenvalue weighted by Crippen LogP contribution is 2.32. The Morgan fingerprint density at radius 1 is 1.18 bits per heavy atom. The largest absolute Gasteiger partial charge is 0.478 e. The van der Waals surface area contributed by atoms with Gasteiger partial charge in [0.15, 0.2) is 12.4 Å². The van der Waals surface area contributed by atoms with Crippen molar-refractivity contribution in [3.8, 4) is 5.75 Å². The summed E-state index contributed by atoms with van der Waals surface area (Å²) in [5.74, 6) is 0.238. The van der Waals surface area contributed by atoms with Crippen molar-refractivity contribution in [3.05, 3.63) is 75.5 Å². The maximum Gasteiger partial charge on any atom is 0.312 e. The second kappa shape index (κ2) is 9.43. The molecule has 0 unspecified atom stereocenters. The van der Waals surface area contributed by atoms with Gasteiger partial charge in [-0.1, -0.05) is 0 Å². The van der Waals surface area contributed by atoms with Gasteiger partial charge < -0.3 is 13.7 Å². The molecular formula is C23H25N3O7S.